The zero-order valence-corrected chi connectivity index (χ0v) is 13.1. The van der Waals surface area contributed by atoms with E-state index in [4.69, 9.17) is 4.74 Å². The summed E-state index contributed by atoms with van der Waals surface area (Å²) in [6.45, 7) is 3.20. The lowest BCUT2D eigenvalue weighted by atomic mass is 10.2. The smallest absolute Gasteiger partial charge is 0.431 e. The van der Waals surface area contributed by atoms with Crippen molar-refractivity contribution in [3.05, 3.63) is 11.1 Å². The third-order valence-corrected chi connectivity index (χ3v) is 2.97. The Morgan fingerprint density at radius 2 is 1.96 bits per heavy atom. The van der Waals surface area contributed by atoms with Crippen LogP contribution in [0.2, 0.25) is 0 Å². The van der Waals surface area contributed by atoms with Crippen molar-refractivity contribution in [1.29, 1.82) is 0 Å². The van der Waals surface area contributed by atoms with Crippen LogP contribution in [0.25, 0.3) is 0 Å². The van der Waals surface area contributed by atoms with Crippen molar-refractivity contribution in [2.24, 2.45) is 5.10 Å². The quantitative estimate of drug-likeness (QED) is 0.460. The molecule has 0 unspecified atom stereocenters. The molecule has 0 aliphatic rings. The van der Waals surface area contributed by atoms with Gasteiger partial charge in [0.1, 0.15) is 0 Å². The van der Waals surface area contributed by atoms with Gasteiger partial charge in [-0.3, -0.25) is 10.2 Å². The lowest BCUT2D eigenvalue weighted by Crippen LogP contribution is -2.27. The van der Waals surface area contributed by atoms with Crippen molar-refractivity contribution in [2.45, 2.75) is 26.4 Å². The molecule has 128 valence electrons. The Bertz CT molecular complexity index is 586. The van der Waals surface area contributed by atoms with E-state index in [0.29, 0.717) is 0 Å². The van der Waals surface area contributed by atoms with Gasteiger partial charge in [0.2, 0.25) is 5.13 Å². The number of aromatic nitrogens is 1. The topological polar surface area (TPSA) is 89.9 Å². The first-order valence-electron chi connectivity index (χ1n) is 6.46. The fourth-order valence-electron chi connectivity index (χ4n) is 1.29. The summed E-state index contributed by atoms with van der Waals surface area (Å²) in [6.07, 6.45) is -5.83. The molecule has 11 heteroatoms. The summed E-state index contributed by atoms with van der Waals surface area (Å²) < 4.78 is 47.5. The van der Waals surface area contributed by atoms with Gasteiger partial charge in [-0.2, -0.15) is 18.3 Å². The number of hydrazone groups is 1. The van der Waals surface area contributed by atoms with Gasteiger partial charge in [0.15, 0.2) is 11.4 Å². The average Bonchev–Trinajstić information content (AvgIpc) is 2.91. The number of hydrogen-bond donors (Lipinski definition) is 1. The maximum Gasteiger partial charge on any atom is 0.431 e. The van der Waals surface area contributed by atoms with Crippen molar-refractivity contribution in [2.75, 3.05) is 18.6 Å². The Morgan fingerprint density at radius 3 is 2.52 bits per heavy atom. The van der Waals surface area contributed by atoms with Gasteiger partial charge in [-0.25, -0.2) is 9.78 Å². The SMILES string of the molecule is CCOC(=O)CC(=NNc1nc(C(=O)OCC)cs1)C(F)(F)F. The van der Waals surface area contributed by atoms with Crippen LogP contribution in [-0.2, 0) is 14.3 Å². The number of thiazole rings is 1. The van der Waals surface area contributed by atoms with Crippen LogP contribution in [0.5, 0.6) is 0 Å². The molecular weight excluding hydrogens is 339 g/mol. The first-order chi connectivity index (χ1) is 10.8. The molecule has 0 radical (unpaired) electrons. The summed E-state index contributed by atoms with van der Waals surface area (Å²) in [7, 11) is 0. The zero-order chi connectivity index (χ0) is 17.5. The van der Waals surface area contributed by atoms with Gasteiger partial charge in [0.25, 0.3) is 0 Å². The Labute approximate surface area is 133 Å². The highest BCUT2D eigenvalue weighted by Crippen LogP contribution is 2.21. The van der Waals surface area contributed by atoms with Gasteiger partial charge in [-0.15, -0.1) is 11.3 Å². The van der Waals surface area contributed by atoms with Crippen LogP contribution in [0.3, 0.4) is 0 Å². The highest BCUT2D eigenvalue weighted by molar-refractivity contribution is 7.13. The number of halogens is 3. The minimum atomic E-state index is -4.80. The molecule has 0 aliphatic carbocycles. The summed E-state index contributed by atoms with van der Waals surface area (Å²) >= 11 is 0.872. The maximum absolute atomic E-state index is 12.8. The number of nitrogens with zero attached hydrogens (tertiary/aromatic N) is 2. The molecule has 0 saturated heterocycles. The van der Waals surface area contributed by atoms with E-state index in [1.807, 2.05) is 0 Å². The molecule has 0 amide bonds. The molecule has 0 aromatic carbocycles. The van der Waals surface area contributed by atoms with Gasteiger partial charge in [-0.1, -0.05) is 0 Å². The van der Waals surface area contributed by atoms with Crippen molar-refractivity contribution in [3.63, 3.8) is 0 Å². The number of anilines is 1. The molecular formula is C12H14F3N3O4S. The van der Waals surface area contributed by atoms with Gasteiger partial charge < -0.3 is 9.47 Å². The van der Waals surface area contributed by atoms with Gasteiger partial charge in [-0.05, 0) is 13.8 Å². The van der Waals surface area contributed by atoms with Gasteiger partial charge >= 0.3 is 18.1 Å². The second-order valence-electron chi connectivity index (χ2n) is 3.91. The summed E-state index contributed by atoms with van der Waals surface area (Å²) in [5, 5.41) is 4.41. The minimum Gasteiger partial charge on any atom is -0.466 e. The molecule has 7 nitrogen and oxygen atoms in total. The van der Waals surface area contributed by atoms with Crippen molar-refractivity contribution < 1.29 is 32.2 Å². The van der Waals surface area contributed by atoms with Crippen LogP contribution in [-0.4, -0.2) is 42.0 Å². The zero-order valence-electron chi connectivity index (χ0n) is 12.3. The van der Waals surface area contributed by atoms with Crippen LogP contribution in [0.1, 0.15) is 30.8 Å². The molecule has 1 rings (SSSR count). The van der Waals surface area contributed by atoms with Gasteiger partial charge in [0.05, 0.1) is 19.6 Å². The van der Waals surface area contributed by atoms with Crippen LogP contribution >= 0.6 is 11.3 Å². The van der Waals surface area contributed by atoms with Crippen molar-refractivity contribution in [3.8, 4) is 0 Å². The lowest BCUT2D eigenvalue weighted by Gasteiger charge is -2.09. The molecule has 1 aromatic heterocycles. The van der Waals surface area contributed by atoms with Crippen molar-refractivity contribution >= 4 is 34.1 Å². The number of hydrogen-bond acceptors (Lipinski definition) is 8. The van der Waals surface area contributed by atoms with E-state index in [9.17, 15) is 22.8 Å². The Morgan fingerprint density at radius 1 is 1.30 bits per heavy atom. The number of ether oxygens (including phenoxy) is 2. The van der Waals surface area contributed by atoms with E-state index >= 15 is 0 Å². The number of nitrogens with one attached hydrogen (secondary N) is 1. The summed E-state index contributed by atoms with van der Waals surface area (Å²) in [5.41, 5.74) is 0.671. The number of carbonyl (C=O) groups is 2. The van der Waals surface area contributed by atoms with E-state index in [0.717, 1.165) is 11.3 Å². The standard InChI is InChI=1S/C12H14F3N3O4S/c1-3-21-9(19)5-8(12(13,14)15)17-18-11-16-7(6-23-11)10(20)22-4-2/h6H,3-5H2,1-2H3,(H,16,18). The van der Waals surface area contributed by atoms with Crippen LogP contribution in [0, 0.1) is 0 Å². The summed E-state index contributed by atoms with van der Waals surface area (Å²) in [6, 6.07) is 0. The first-order valence-corrected chi connectivity index (χ1v) is 7.33. The number of esters is 2. The fourth-order valence-corrected chi connectivity index (χ4v) is 1.91. The molecule has 1 N–H and O–H groups in total. The van der Waals surface area contributed by atoms with E-state index in [2.05, 4.69) is 20.2 Å². The molecule has 0 atom stereocenters. The van der Waals surface area contributed by atoms with Crippen LogP contribution in [0.15, 0.2) is 10.5 Å². The predicted molar refractivity (Wildman–Crippen MR) is 76.4 cm³/mol. The molecule has 0 bridgehead atoms. The number of rotatable bonds is 7. The molecule has 0 fully saturated rings. The molecule has 1 aromatic rings. The van der Waals surface area contributed by atoms with E-state index < -0.39 is 30.2 Å². The summed E-state index contributed by atoms with van der Waals surface area (Å²) in [5.74, 6) is -1.74. The summed E-state index contributed by atoms with van der Waals surface area (Å²) in [4.78, 5) is 26.3. The number of alkyl halides is 3. The molecule has 0 aliphatic heterocycles. The van der Waals surface area contributed by atoms with Gasteiger partial charge in [0, 0.05) is 5.38 Å². The Hall–Kier alpha value is -2.17. The highest BCUT2D eigenvalue weighted by Gasteiger charge is 2.37. The minimum absolute atomic E-state index is 0.0349. The second kappa shape index (κ2) is 8.46. The third-order valence-electron chi connectivity index (χ3n) is 2.22. The number of carbonyl (C=O) groups excluding carboxylic acids is 2. The lowest BCUT2D eigenvalue weighted by molar-refractivity contribution is -0.142. The molecule has 1 heterocycles. The monoisotopic (exact) mass is 353 g/mol. The van der Waals surface area contributed by atoms with E-state index in [1.165, 1.54) is 12.3 Å². The maximum atomic E-state index is 12.8. The van der Waals surface area contributed by atoms with E-state index in [1.54, 1.807) is 6.92 Å². The second-order valence-corrected chi connectivity index (χ2v) is 4.77. The predicted octanol–water partition coefficient (Wildman–Crippen LogP) is 2.60. The van der Waals surface area contributed by atoms with Crippen LogP contribution < -0.4 is 5.43 Å². The normalized spacial score (nSPS) is 12.0. The molecule has 0 saturated carbocycles. The largest absolute Gasteiger partial charge is 0.466 e. The highest BCUT2D eigenvalue weighted by atomic mass is 32.1. The molecule has 0 spiro atoms. The third kappa shape index (κ3) is 6.22. The molecule has 23 heavy (non-hydrogen) atoms. The Balaban J connectivity index is 2.81. The Kier molecular flexibility index (Phi) is 6.94. The van der Waals surface area contributed by atoms with Crippen LogP contribution in [0.4, 0.5) is 18.3 Å². The average molecular weight is 353 g/mol. The van der Waals surface area contributed by atoms with E-state index in [-0.39, 0.29) is 24.0 Å². The van der Waals surface area contributed by atoms with Crippen molar-refractivity contribution in [1.82, 2.24) is 4.98 Å². The first kappa shape index (κ1) is 18.9. The fraction of sp³-hybridized carbons (Fsp3) is 0.500.